The molecule has 1 N–H and O–H groups in total. The largest absolute Gasteiger partial charge is 0.382 e. The Balaban J connectivity index is 3.05. The molecule has 5 heteroatoms. The smallest absolute Gasteiger partial charge is 0.0701 e. The van der Waals surface area contributed by atoms with Gasteiger partial charge in [0.15, 0.2) is 0 Å². The van der Waals surface area contributed by atoms with E-state index < -0.39 is 0 Å². The summed E-state index contributed by atoms with van der Waals surface area (Å²) in [5.74, 6) is 0. The Morgan fingerprint density at radius 1 is 0.810 bits per heavy atom. The second-order valence-corrected chi connectivity index (χ2v) is 5.18. The number of hydrogen-bond donors (Lipinski definition) is 1. The van der Waals surface area contributed by atoms with Crippen LogP contribution in [0, 0.1) is 0 Å². The van der Waals surface area contributed by atoms with E-state index in [4.69, 9.17) is 18.9 Å². The van der Waals surface area contributed by atoms with E-state index in [-0.39, 0.29) is 0 Å². The van der Waals surface area contributed by atoms with Gasteiger partial charge in [0.2, 0.25) is 0 Å². The number of ether oxygens (including phenoxy) is 4. The maximum absolute atomic E-state index is 5.51. The molecule has 0 bridgehead atoms. The van der Waals surface area contributed by atoms with Crippen molar-refractivity contribution < 1.29 is 18.9 Å². The van der Waals surface area contributed by atoms with Gasteiger partial charge in [0.1, 0.15) is 0 Å². The Kier molecular flexibility index (Phi) is 17.7. The number of rotatable bonds is 17. The Morgan fingerprint density at radius 3 is 1.95 bits per heavy atom. The Hall–Kier alpha value is -0.200. The Morgan fingerprint density at radius 2 is 1.38 bits per heavy atom. The van der Waals surface area contributed by atoms with Crippen molar-refractivity contribution in [1.82, 2.24) is 5.32 Å². The molecule has 0 radical (unpaired) electrons. The second kappa shape index (κ2) is 17.9. The minimum absolute atomic E-state index is 0.584. The van der Waals surface area contributed by atoms with Crippen molar-refractivity contribution in [3.8, 4) is 0 Å². The molecule has 0 aromatic carbocycles. The molecule has 5 nitrogen and oxygen atoms in total. The fourth-order valence-electron chi connectivity index (χ4n) is 1.86. The highest BCUT2D eigenvalue weighted by Gasteiger charge is 1.99. The van der Waals surface area contributed by atoms with Crippen molar-refractivity contribution in [3.05, 3.63) is 0 Å². The topological polar surface area (TPSA) is 49.0 Å². The lowest BCUT2D eigenvalue weighted by Gasteiger charge is -2.13. The lowest BCUT2D eigenvalue weighted by molar-refractivity contribution is 0.00394. The van der Waals surface area contributed by atoms with Gasteiger partial charge >= 0.3 is 0 Å². The monoisotopic (exact) mass is 305 g/mol. The van der Waals surface area contributed by atoms with Gasteiger partial charge in [-0.1, -0.05) is 26.2 Å². The molecule has 0 aliphatic rings. The van der Waals surface area contributed by atoms with Crippen LogP contribution in [0.5, 0.6) is 0 Å². The molecule has 128 valence electrons. The van der Waals surface area contributed by atoms with Crippen LogP contribution in [0.3, 0.4) is 0 Å². The number of methoxy groups -OCH3 is 1. The van der Waals surface area contributed by atoms with Crippen molar-refractivity contribution in [2.75, 3.05) is 59.9 Å². The van der Waals surface area contributed by atoms with Crippen LogP contribution in [0.25, 0.3) is 0 Å². The zero-order chi connectivity index (χ0) is 15.6. The maximum Gasteiger partial charge on any atom is 0.0701 e. The molecule has 0 fully saturated rings. The van der Waals surface area contributed by atoms with Crippen molar-refractivity contribution in [2.45, 2.75) is 45.6 Å². The highest BCUT2D eigenvalue weighted by molar-refractivity contribution is 4.59. The molecule has 0 amide bonds. The predicted octanol–water partition coefficient (Wildman–Crippen LogP) is 2.24. The summed E-state index contributed by atoms with van der Waals surface area (Å²) >= 11 is 0. The zero-order valence-electron chi connectivity index (χ0n) is 14.2. The molecule has 0 rings (SSSR count). The van der Waals surface area contributed by atoms with Crippen LogP contribution in [0.1, 0.15) is 39.5 Å². The zero-order valence-corrected chi connectivity index (χ0v) is 14.2. The maximum atomic E-state index is 5.51. The summed E-state index contributed by atoms with van der Waals surface area (Å²) in [5, 5.41) is 3.47. The van der Waals surface area contributed by atoms with Crippen LogP contribution in [-0.4, -0.2) is 65.9 Å². The van der Waals surface area contributed by atoms with Gasteiger partial charge in [-0.3, -0.25) is 0 Å². The van der Waals surface area contributed by atoms with E-state index in [0.717, 1.165) is 13.2 Å². The summed E-state index contributed by atoms with van der Waals surface area (Å²) in [6.45, 7) is 9.87. The third-order valence-electron chi connectivity index (χ3n) is 3.16. The SMILES string of the molecule is CCCCCC(C)NCCOCCOCCOCCOC. The normalized spacial score (nSPS) is 12.7. The lowest BCUT2D eigenvalue weighted by atomic mass is 10.1. The molecule has 0 aromatic heterocycles. The first kappa shape index (κ1) is 20.8. The Labute approximate surface area is 130 Å². The summed E-state index contributed by atoms with van der Waals surface area (Å²) in [4.78, 5) is 0. The highest BCUT2D eigenvalue weighted by atomic mass is 16.6. The molecular formula is C16H35NO4. The third-order valence-corrected chi connectivity index (χ3v) is 3.16. The van der Waals surface area contributed by atoms with Gasteiger partial charge in [-0.25, -0.2) is 0 Å². The summed E-state index contributed by atoms with van der Waals surface area (Å²) in [6.07, 6.45) is 5.17. The molecule has 0 heterocycles. The molecule has 0 aromatic rings. The van der Waals surface area contributed by atoms with Crippen LogP contribution in [-0.2, 0) is 18.9 Å². The number of unbranched alkanes of at least 4 members (excludes halogenated alkanes) is 2. The first-order valence-electron chi connectivity index (χ1n) is 8.26. The van der Waals surface area contributed by atoms with Crippen LogP contribution < -0.4 is 5.32 Å². The van der Waals surface area contributed by atoms with E-state index in [1.807, 2.05) is 0 Å². The average molecular weight is 305 g/mol. The summed E-state index contributed by atoms with van der Waals surface area (Å²) in [6, 6.07) is 0.584. The molecule has 0 saturated carbocycles. The first-order chi connectivity index (χ1) is 10.3. The minimum Gasteiger partial charge on any atom is -0.382 e. The molecule has 1 atom stereocenters. The van der Waals surface area contributed by atoms with Crippen LogP contribution in [0.4, 0.5) is 0 Å². The summed E-state index contributed by atoms with van der Waals surface area (Å²) in [5.41, 5.74) is 0. The van der Waals surface area contributed by atoms with E-state index in [9.17, 15) is 0 Å². The van der Waals surface area contributed by atoms with Gasteiger partial charge < -0.3 is 24.3 Å². The van der Waals surface area contributed by atoms with Gasteiger partial charge in [0.05, 0.1) is 46.2 Å². The predicted molar refractivity (Wildman–Crippen MR) is 85.9 cm³/mol. The minimum atomic E-state index is 0.584. The van der Waals surface area contributed by atoms with Crippen molar-refractivity contribution in [1.29, 1.82) is 0 Å². The molecule has 0 aliphatic carbocycles. The van der Waals surface area contributed by atoms with E-state index in [0.29, 0.717) is 45.7 Å². The van der Waals surface area contributed by atoms with E-state index in [1.54, 1.807) is 7.11 Å². The molecule has 0 saturated heterocycles. The quantitative estimate of drug-likeness (QED) is 0.418. The van der Waals surface area contributed by atoms with E-state index in [1.165, 1.54) is 25.7 Å². The van der Waals surface area contributed by atoms with E-state index in [2.05, 4.69) is 19.2 Å². The summed E-state index contributed by atoms with van der Waals surface area (Å²) < 4.78 is 21.1. The third kappa shape index (κ3) is 17.7. The van der Waals surface area contributed by atoms with Crippen LogP contribution in [0.15, 0.2) is 0 Å². The molecular weight excluding hydrogens is 270 g/mol. The van der Waals surface area contributed by atoms with Crippen LogP contribution >= 0.6 is 0 Å². The number of nitrogens with one attached hydrogen (secondary N) is 1. The standard InChI is InChI=1S/C16H35NO4/c1-4-5-6-7-16(2)17-8-9-19-12-13-21-15-14-20-11-10-18-3/h16-17H,4-15H2,1-3H3. The highest BCUT2D eigenvalue weighted by Crippen LogP contribution is 2.02. The molecule has 0 spiro atoms. The fraction of sp³-hybridized carbons (Fsp3) is 1.00. The van der Waals surface area contributed by atoms with Gasteiger partial charge in [0, 0.05) is 19.7 Å². The Bertz CT molecular complexity index is 193. The second-order valence-electron chi connectivity index (χ2n) is 5.18. The van der Waals surface area contributed by atoms with Crippen molar-refractivity contribution in [3.63, 3.8) is 0 Å². The van der Waals surface area contributed by atoms with Gasteiger partial charge in [-0.05, 0) is 13.3 Å². The molecule has 1 unspecified atom stereocenters. The van der Waals surface area contributed by atoms with Gasteiger partial charge in [-0.15, -0.1) is 0 Å². The lowest BCUT2D eigenvalue weighted by Crippen LogP contribution is -2.29. The molecule has 0 aliphatic heterocycles. The number of hydrogen-bond acceptors (Lipinski definition) is 5. The van der Waals surface area contributed by atoms with E-state index >= 15 is 0 Å². The average Bonchev–Trinajstić information content (AvgIpc) is 2.48. The molecule has 21 heavy (non-hydrogen) atoms. The summed E-state index contributed by atoms with van der Waals surface area (Å²) in [7, 11) is 1.66. The van der Waals surface area contributed by atoms with Crippen LogP contribution in [0.2, 0.25) is 0 Å². The first-order valence-corrected chi connectivity index (χ1v) is 8.26. The van der Waals surface area contributed by atoms with Gasteiger partial charge in [-0.2, -0.15) is 0 Å². The van der Waals surface area contributed by atoms with Crippen molar-refractivity contribution >= 4 is 0 Å². The van der Waals surface area contributed by atoms with Crippen molar-refractivity contribution in [2.24, 2.45) is 0 Å². The van der Waals surface area contributed by atoms with Gasteiger partial charge in [0.25, 0.3) is 0 Å². The fourth-order valence-corrected chi connectivity index (χ4v) is 1.86.